The third kappa shape index (κ3) is 4.87. The average molecular weight is 373 g/mol. The number of ether oxygens (including phenoxy) is 1. The predicted octanol–water partition coefficient (Wildman–Crippen LogP) is 4.79. The van der Waals surface area contributed by atoms with Gasteiger partial charge < -0.3 is 15.4 Å². The van der Waals surface area contributed by atoms with E-state index in [0.29, 0.717) is 11.3 Å². The van der Waals surface area contributed by atoms with Gasteiger partial charge in [-0.2, -0.15) is 13.2 Å². The summed E-state index contributed by atoms with van der Waals surface area (Å²) < 4.78 is 42.9. The molecule has 2 aromatic carbocycles. The minimum absolute atomic E-state index is 0.0691. The van der Waals surface area contributed by atoms with Crippen molar-refractivity contribution in [2.75, 3.05) is 17.7 Å². The monoisotopic (exact) mass is 372 g/mol. The van der Waals surface area contributed by atoms with Crippen molar-refractivity contribution in [3.8, 4) is 0 Å². The number of nitrogens with one attached hydrogen (secondary N) is 2. The van der Waals surface area contributed by atoms with Crippen LogP contribution in [-0.4, -0.2) is 19.1 Å². The molecule has 5 nitrogen and oxygen atoms in total. The number of methoxy groups -OCH3 is 1. The number of benzene rings is 2. The first-order valence-electron chi connectivity index (χ1n) is 6.84. The molecule has 0 aliphatic carbocycles. The lowest BCUT2D eigenvalue weighted by molar-refractivity contribution is -0.137. The molecular weight excluding hydrogens is 361 g/mol. The number of halogens is 4. The van der Waals surface area contributed by atoms with E-state index in [0.717, 1.165) is 12.1 Å². The Morgan fingerprint density at radius 2 is 1.56 bits per heavy atom. The summed E-state index contributed by atoms with van der Waals surface area (Å²) in [5.41, 5.74) is -0.481. The van der Waals surface area contributed by atoms with Crippen molar-refractivity contribution in [1.82, 2.24) is 0 Å². The van der Waals surface area contributed by atoms with Crippen LogP contribution in [0.2, 0.25) is 5.02 Å². The third-order valence-electron chi connectivity index (χ3n) is 3.09. The molecule has 0 aromatic heterocycles. The molecule has 0 saturated heterocycles. The molecule has 0 heterocycles. The molecule has 0 radical (unpaired) electrons. The van der Waals surface area contributed by atoms with E-state index in [1.165, 1.54) is 37.4 Å². The number of hydrogen-bond donors (Lipinski definition) is 2. The molecule has 0 spiro atoms. The van der Waals surface area contributed by atoms with Crippen LogP contribution in [0.3, 0.4) is 0 Å². The zero-order chi connectivity index (χ0) is 18.6. The van der Waals surface area contributed by atoms with E-state index in [-0.39, 0.29) is 5.69 Å². The van der Waals surface area contributed by atoms with E-state index in [1.807, 2.05) is 0 Å². The Balaban J connectivity index is 2.07. The first kappa shape index (κ1) is 18.6. The van der Waals surface area contributed by atoms with Crippen molar-refractivity contribution in [1.29, 1.82) is 0 Å². The zero-order valence-electron chi connectivity index (χ0n) is 12.8. The van der Waals surface area contributed by atoms with Crippen LogP contribution in [0.4, 0.5) is 29.3 Å². The molecule has 2 N–H and O–H groups in total. The maximum atomic E-state index is 12.8. The minimum Gasteiger partial charge on any atom is -0.465 e. The smallest absolute Gasteiger partial charge is 0.417 e. The SMILES string of the molecule is COC(=O)c1ccc(NC(=O)Nc2ccc(Cl)c(C(F)(F)F)c2)cc1. The van der Waals surface area contributed by atoms with Crippen LogP contribution in [0.1, 0.15) is 15.9 Å². The lowest BCUT2D eigenvalue weighted by Gasteiger charge is -2.12. The number of anilines is 2. The van der Waals surface area contributed by atoms with Gasteiger partial charge in [0.05, 0.1) is 23.3 Å². The van der Waals surface area contributed by atoms with Gasteiger partial charge in [-0.3, -0.25) is 0 Å². The predicted molar refractivity (Wildman–Crippen MR) is 86.9 cm³/mol. The standard InChI is InChI=1S/C16H12ClF3N2O3/c1-25-14(23)9-2-4-10(5-3-9)21-15(24)22-11-6-7-13(17)12(8-11)16(18,19)20/h2-8H,1H3,(H2,21,22,24). The quantitative estimate of drug-likeness (QED) is 0.761. The molecule has 0 aliphatic heterocycles. The van der Waals surface area contributed by atoms with Gasteiger partial charge in [0.15, 0.2) is 0 Å². The molecule has 0 unspecified atom stereocenters. The van der Waals surface area contributed by atoms with E-state index < -0.39 is 28.8 Å². The molecule has 0 fully saturated rings. The van der Waals surface area contributed by atoms with Crippen LogP contribution in [-0.2, 0) is 10.9 Å². The van der Waals surface area contributed by atoms with Gasteiger partial charge in [0.2, 0.25) is 0 Å². The van der Waals surface area contributed by atoms with Crippen LogP contribution in [0.15, 0.2) is 42.5 Å². The van der Waals surface area contributed by atoms with Gasteiger partial charge in [0.1, 0.15) is 0 Å². The van der Waals surface area contributed by atoms with E-state index in [1.54, 1.807) is 0 Å². The first-order valence-corrected chi connectivity index (χ1v) is 7.21. The van der Waals surface area contributed by atoms with Crippen LogP contribution in [0, 0.1) is 0 Å². The summed E-state index contributed by atoms with van der Waals surface area (Å²) in [6.07, 6.45) is -4.63. The fourth-order valence-electron chi connectivity index (χ4n) is 1.92. The van der Waals surface area contributed by atoms with Gasteiger partial charge in [-0.05, 0) is 42.5 Å². The van der Waals surface area contributed by atoms with Crippen molar-refractivity contribution in [3.05, 3.63) is 58.6 Å². The Hall–Kier alpha value is -2.74. The number of esters is 1. The van der Waals surface area contributed by atoms with Gasteiger partial charge in [-0.1, -0.05) is 11.6 Å². The molecule has 132 valence electrons. The zero-order valence-corrected chi connectivity index (χ0v) is 13.5. The number of hydrogen-bond acceptors (Lipinski definition) is 3. The Labute approximate surface area is 145 Å². The Kier molecular flexibility index (Phi) is 5.53. The second-order valence-electron chi connectivity index (χ2n) is 4.84. The third-order valence-corrected chi connectivity index (χ3v) is 3.42. The molecule has 9 heteroatoms. The topological polar surface area (TPSA) is 67.4 Å². The lowest BCUT2D eigenvalue weighted by Crippen LogP contribution is -2.20. The molecule has 2 aromatic rings. The van der Waals surface area contributed by atoms with Crippen molar-refractivity contribution in [2.24, 2.45) is 0 Å². The average Bonchev–Trinajstić information content (AvgIpc) is 2.55. The maximum absolute atomic E-state index is 12.8. The van der Waals surface area contributed by atoms with Crippen LogP contribution >= 0.6 is 11.6 Å². The Bertz CT molecular complexity index is 792. The number of urea groups is 1. The van der Waals surface area contributed by atoms with Gasteiger partial charge >= 0.3 is 18.2 Å². The maximum Gasteiger partial charge on any atom is 0.417 e. The highest BCUT2D eigenvalue weighted by Gasteiger charge is 2.33. The number of alkyl halides is 3. The van der Waals surface area contributed by atoms with Crippen molar-refractivity contribution < 1.29 is 27.5 Å². The van der Waals surface area contributed by atoms with Crippen molar-refractivity contribution >= 4 is 35.0 Å². The van der Waals surface area contributed by atoms with Crippen LogP contribution in [0.25, 0.3) is 0 Å². The molecule has 2 amide bonds. The summed E-state index contributed by atoms with van der Waals surface area (Å²) in [6.45, 7) is 0. The second kappa shape index (κ2) is 7.43. The largest absolute Gasteiger partial charge is 0.465 e. The summed E-state index contributed by atoms with van der Waals surface area (Å²) in [6, 6.07) is 8.06. The summed E-state index contributed by atoms with van der Waals surface area (Å²) in [5, 5.41) is 4.25. The van der Waals surface area contributed by atoms with E-state index in [4.69, 9.17) is 11.6 Å². The van der Waals surface area contributed by atoms with Gasteiger partial charge in [0.25, 0.3) is 0 Å². The Morgan fingerprint density at radius 1 is 1.00 bits per heavy atom. The van der Waals surface area contributed by atoms with Gasteiger partial charge in [-0.25, -0.2) is 9.59 Å². The van der Waals surface area contributed by atoms with Crippen LogP contribution in [0.5, 0.6) is 0 Å². The number of amides is 2. The molecule has 25 heavy (non-hydrogen) atoms. The minimum atomic E-state index is -4.63. The Morgan fingerprint density at radius 3 is 2.12 bits per heavy atom. The lowest BCUT2D eigenvalue weighted by atomic mass is 10.2. The van der Waals surface area contributed by atoms with E-state index in [2.05, 4.69) is 15.4 Å². The number of carbonyl (C=O) groups excluding carboxylic acids is 2. The summed E-state index contributed by atoms with van der Waals surface area (Å²) in [7, 11) is 1.24. The van der Waals surface area contributed by atoms with E-state index in [9.17, 15) is 22.8 Å². The molecule has 0 aliphatic rings. The molecule has 0 saturated carbocycles. The van der Waals surface area contributed by atoms with Gasteiger partial charge in [-0.15, -0.1) is 0 Å². The normalized spacial score (nSPS) is 10.9. The summed E-state index contributed by atoms with van der Waals surface area (Å²) in [5.74, 6) is -0.531. The van der Waals surface area contributed by atoms with E-state index >= 15 is 0 Å². The fourth-order valence-corrected chi connectivity index (χ4v) is 2.15. The summed E-state index contributed by atoms with van der Waals surface area (Å²) in [4.78, 5) is 23.2. The van der Waals surface area contributed by atoms with Gasteiger partial charge in [0, 0.05) is 11.4 Å². The van der Waals surface area contributed by atoms with Crippen molar-refractivity contribution in [2.45, 2.75) is 6.18 Å². The second-order valence-corrected chi connectivity index (χ2v) is 5.25. The highest BCUT2D eigenvalue weighted by Crippen LogP contribution is 2.36. The number of carbonyl (C=O) groups is 2. The number of rotatable bonds is 3. The molecule has 0 bridgehead atoms. The molecule has 2 rings (SSSR count). The molecule has 0 atom stereocenters. The first-order chi connectivity index (χ1) is 11.7. The van der Waals surface area contributed by atoms with Crippen LogP contribution < -0.4 is 10.6 Å². The highest BCUT2D eigenvalue weighted by atomic mass is 35.5. The summed E-state index contributed by atoms with van der Waals surface area (Å²) >= 11 is 5.51. The fraction of sp³-hybridized carbons (Fsp3) is 0.125. The highest BCUT2D eigenvalue weighted by molar-refractivity contribution is 6.31. The molecular formula is C16H12ClF3N2O3. The van der Waals surface area contributed by atoms with Crippen molar-refractivity contribution in [3.63, 3.8) is 0 Å².